The highest BCUT2D eigenvalue weighted by Gasteiger charge is 2.13. The lowest BCUT2D eigenvalue weighted by atomic mass is 9.99. The van der Waals surface area contributed by atoms with Crippen molar-refractivity contribution < 1.29 is 0 Å². The van der Waals surface area contributed by atoms with Crippen LogP contribution in [0.25, 0.3) is 21.3 Å². The summed E-state index contributed by atoms with van der Waals surface area (Å²) in [5.74, 6) is 0.496. The van der Waals surface area contributed by atoms with Gasteiger partial charge in [0.15, 0.2) is 0 Å². The molecule has 2 aromatic carbocycles. The Balaban J connectivity index is 1.70. The number of nitrogens with zero attached hydrogens (tertiary/aromatic N) is 2. The van der Waals surface area contributed by atoms with Gasteiger partial charge in [0.25, 0.3) is 5.56 Å². The van der Waals surface area contributed by atoms with E-state index in [0.717, 1.165) is 27.8 Å². The van der Waals surface area contributed by atoms with E-state index in [4.69, 9.17) is 0 Å². The van der Waals surface area contributed by atoms with Gasteiger partial charge in [-0.25, -0.2) is 4.98 Å². The van der Waals surface area contributed by atoms with Gasteiger partial charge in [-0.2, -0.15) is 0 Å². The number of aryl methyl sites for hydroxylation is 2. The average molecular weight is 375 g/mol. The minimum atomic E-state index is 0.0418. The van der Waals surface area contributed by atoms with Crippen molar-refractivity contribution in [3.05, 3.63) is 87.8 Å². The normalized spacial score (nSPS) is 11.4. The van der Waals surface area contributed by atoms with Crippen molar-refractivity contribution >= 4 is 21.6 Å². The van der Waals surface area contributed by atoms with Crippen LogP contribution in [0, 0.1) is 0 Å². The van der Waals surface area contributed by atoms with Gasteiger partial charge in [0.1, 0.15) is 4.83 Å². The van der Waals surface area contributed by atoms with Crippen molar-refractivity contribution in [2.45, 2.75) is 32.7 Å². The van der Waals surface area contributed by atoms with Crippen LogP contribution >= 0.6 is 11.3 Å². The van der Waals surface area contributed by atoms with E-state index in [-0.39, 0.29) is 5.56 Å². The topological polar surface area (TPSA) is 34.9 Å². The number of aromatic nitrogens is 2. The Hall–Kier alpha value is -2.72. The quantitative estimate of drug-likeness (QED) is 0.463. The van der Waals surface area contributed by atoms with Gasteiger partial charge >= 0.3 is 0 Å². The van der Waals surface area contributed by atoms with Crippen LogP contribution in [0.4, 0.5) is 0 Å². The molecule has 0 saturated carbocycles. The smallest absolute Gasteiger partial charge is 0.262 e. The Morgan fingerprint density at radius 1 is 1.04 bits per heavy atom. The first-order valence-corrected chi connectivity index (χ1v) is 10.1. The van der Waals surface area contributed by atoms with Crippen LogP contribution in [-0.4, -0.2) is 9.55 Å². The number of fused-ring (bicyclic) bond motifs is 1. The summed E-state index contributed by atoms with van der Waals surface area (Å²) in [6, 6.07) is 18.7. The molecule has 0 spiro atoms. The minimum absolute atomic E-state index is 0.0418. The Bertz CT molecular complexity index is 1110. The molecule has 0 amide bonds. The largest absolute Gasteiger partial charge is 0.298 e. The predicted octanol–water partition coefficient (Wildman–Crippen LogP) is 5.49. The van der Waals surface area contributed by atoms with Crippen LogP contribution < -0.4 is 5.56 Å². The molecule has 0 atom stereocenters. The molecule has 3 nitrogen and oxygen atoms in total. The Morgan fingerprint density at radius 3 is 2.48 bits per heavy atom. The summed E-state index contributed by atoms with van der Waals surface area (Å²) in [7, 11) is 0. The molecular formula is C23H22N2OS. The first-order valence-electron chi connectivity index (χ1n) is 9.24. The number of hydrogen-bond donors (Lipinski definition) is 0. The number of hydrogen-bond acceptors (Lipinski definition) is 3. The summed E-state index contributed by atoms with van der Waals surface area (Å²) in [5.41, 5.74) is 4.62. The van der Waals surface area contributed by atoms with Crippen molar-refractivity contribution in [3.8, 4) is 11.1 Å². The molecule has 0 fully saturated rings. The molecule has 4 heteroatoms. The molecule has 0 aliphatic heterocycles. The van der Waals surface area contributed by atoms with Gasteiger partial charge in [-0.05, 0) is 29.0 Å². The monoisotopic (exact) mass is 374 g/mol. The van der Waals surface area contributed by atoms with E-state index in [1.165, 1.54) is 22.5 Å². The fourth-order valence-corrected chi connectivity index (χ4v) is 4.19. The Kier molecular flexibility index (Phi) is 4.90. The second-order valence-electron chi connectivity index (χ2n) is 7.08. The second-order valence-corrected chi connectivity index (χ2v) is 7.94. The van der Waals surface area contributed by atoms with Gasteiger partial charge in [-0.3, -0.25) is 9.36 Å². The van der Waals surface area contributed by atoms with Crippen LogP contribution in [0.1, 0.15) is 30.9 Å². The molecule has 0 radical (unpaired) electrons. The maximum atomic E-state index is 13.1. The number of rotatable bonds is 5. The van der Waals surface area contributed by atoms with Crippen LogP contribution in [0.2, 0.25) is 0 Å². The van der Waals surface area contributed by atoms with Crippen molar-refractivity contribution in [1.82, 2.24) is 9.55 Å². The fraction of sp³-hybridized carbons (Fsp3) is 0.217. The third kappa shape index (κ3) is 3.58. The summed E-state index contributed by atoms with van der Waals surface area (Å²) < 4.78 is 1.73. The average Bonchev–Trinajstić information content (AvgIpc) is 3.13. The lowest BCUT2D eigenvalue weighted by molar-refractivity contribution is 0.663. The number of benzene rings is 2. The van der Waals surface area contributed by atoms with Gasteiger partial charge in [-0.15, -0.1) is 11.3 Å². The van der Waals surface area contributed by atoms with E-state index < -0.39 is 0 Å². The highest BCUT2D eigenvalue weighted by molar-refractivity contribution is 7.17. The zero-order valence-corrected chi connectivity index (χ0v) is 16.4. The van der Waals surface area contributed by atoms with Crippen molar-refractivity contribution in [2.24, 2.45) is 0 Å². The zero-order chi connectivity index (χ0) is 18.8. The third-order valence-corrected chi connectivity index (χ3v) is 5.82. The van der Waals surface area contributed by atoms with Crippen LogP contribution in [0.15, 0.2) is 71.1 Å². The molecule has 136 valence electrons. The predicted molar refractivity (Wildman–Crippen MR) is 114 cm³/mol. The fourth-order valence-electron chi connectivity index (χ4n) is 3.28. The first kappa shape index (κ1) is 17.7. The zero-order valence-electron chi connectivity index (χ0n) is 15.6. The molecule has 0 N–H and O–H groups in total. The molecule has 0 aliphatic rings. The van der Waals surface area contributed by atoms with Crippen molar-refractivity contribution in [2.75, 3.05) is 0 Å². The van der Waals surface area contributed by atoms with Crippen molar-refractivity contribution in [1.29, 1.82) is 0 Å². The van der Waals surface area contributed by atoms with Gasteiger partial charge in [0, 0.05) is 17.5 Å². The van der Waals surface area contributed by atoms with Crippen LogP contribution in [0.5, 0.6) is 0 Å². The van der Waals surface area contributed by atoms with E-state index in [1.54, 1.807) is 10.9 Å². The SMILES string of the molecule is CC(C)c1ccc(-c2csc3ncn(CCc4ccccc4)c(=O)c23)cc1. The summed E-state index contributed by atoms with van der Waals surface area (Å²) in [6.45, 7) is 5.00. The molecule has 2 heterocycles. The van der Waals surface area contributed by atoms with E-state index >= 15 is 0 Å². The van der Waals surface area contributed by atoms with Gasteiger partial charge in [0.05, 0.1) is 11.7 Å². The molecule has 4 aromatic rings. The maximum Gasteiger partial charge on any atom is 0.262 e. The molecule has 27 heavy (non-hydrogen) atoms. The molecular weight excluding hydrogens is 352 g/mol. The molecule has 0 unspecified atom stereocenters. The highest BCUT2D eigenvalue weighted by Crippen LogP contribution is 2.31. The van der Waals surface area contributed by atoms with Crippen LogP contribution in [-0.2, 0) is 13.0 Å². The van der Waals surface area contributed by atoms with E-state index in [0.29, 0.717) is 12.5 Å². The lowest BCUT2D eigenvalue weighted by Crippen LogP contribution is -2.21. The van der Waals surface area contributed by atoms with Crippen LogP contribution in [0.3, 0.4) is 0 Å². The maximum absolute atomic E-state index is 13.1. The highest BCUT2D eigenvalue weighted by atomic mass is 32.1. The first-order chi connectivity index (χ1) is 13.1. The third-order valence-electron chi connectivity index (χ3n) is 4.93. The lowest BCUT2D eigenvalue weighted by Gasteiger charge is -2.08. The summed E-state index contributed by atoms with van der Waals surface area (Å²) in [4.78, 5) is 18.4. The second kappa shape index (κ2) is 7.49. The standard InChI is InChI=1S/C23H22N2OS/c1-16(2)18-8-10-19(11-9-18)20-14-27-22-21(20)23(26)25(15-24-22)13-12-17-6-4-3-5-7-17/h3-11,14-16H,12-13H2,1-2H3. The molecule has 4 rings (SSSR count). The molecule has 0 aliphatic carbocycles. The minimum Gasteiger partial charge on any atom is -0.298 e. The summed E-state index contributed by atoms with van der Waals surface area (Å²) in [5, 5.41) is 2.78. The van der Waals surface area contributed by atoms with Gasteiger partial charge < -0.3 is 0 Å². The van der Waals surface area contributed by atoms with Gasteiger partial charge in [0.2, 0.25) is 0 Å². The van der Waals surface area contributed by atoms with E-state index in [2.05, 4.69) is 55.2 Å². The number of thiophene rings is 1. The van der Waals surface area contributed by atoms with Crippen molar-refractivity contribution in [3.63, 3.8) is 0 Å². The summed E-state index contributed by atoms with van der Waals surface area (Å²) in [6.07, 6.45) is 2.49. The van der Waals surface area contributed by atoms with E-state index in [1.807, 2.05) is 23.6 Å². The molecule has 0 saturated heterocycles. The molecule has 0 bridgehead atoms. The van der Waals surface area contributed by atoms with Gasteiger partial charge in [-0.1, -0.05) is 68.4 Å². The Morgan fingerprint density at radius 2 is 1.78 bits per heavy atom. The summed E-state index contributed by atoms with van der Waals surface area (Å²) >= 11 is 1.53. The molecule has 2 aromatic heterocycles. The Labute approximate surface area is 163 Å². The van der Waals surface area contributed by atoms with E-state index in [9.17, 15) is 4.79 Å².